The summed E-state index contributed by atoms with van der Waals surface area (Å²) in [5.74, 6) is -0.380. The Labute approximate surface area is 241 Å². The molecule has 9 nitrogen and oxygen atoms in total. The number of hydrogen-bond donors (Lipinski definition) is 1. The molecule has 0 bridgehead atoms. The minimum Gasteiger partial charge on any atom is -0.460 e. The lowest BCUT2D eigenvalue weighted by Gasteiger charge is -2.36. The first-order chi connectivity index (χ1) is 19.0. The number of esters is 2. The van der Waals surface area contributed by atoms with E-state index in [1.54, 1.807) is 12.1 Å². The fourth-order valence-electron chi connectivity index (χ4n) is 5.34. The van der Waals surface area contributed by atoms with E-state index >= 15 is 0 Å². The number of para-hydroxylation sites is 2. The summed E-state index contributed by atoms with van der Waals surface area (Å²) in [5.41, 5.74) is 1.05. The monoisotopic (exact) mass is 592 g/mol. The zero-order chi connectivity index (χ0) is 28.9. The molecule has 0 spiro atoms. The lowest BCUT2D eigenvalue weighted by Crippen LogP contribution is -2.36. The third-order valence-corrected chi connectivity index (χ3v) is 9.37. The molecule has 4 rings (SSSR count). The van der Waals surface area contributed by atoms with E-state index < -0.39 is 28.6 Å². The maximum Gasteiger partial charge on any atom is 0.344 e. The number of ether oxygens (including phenoxy) is 3. The largest absolute Gasteiger partial charge is 0.460 e. The van der Waals surface area contributed by atoms with Gasteiger partial charge in [0.15, 0.2) is 6.61 Å². The van der Waals surface area contributed by atoms with Crippen LogP contribution in [0, 0.1) is 17.8 Å². The molecule has 1 N–H and O–H groups in total. The molecule has 2 fully saturated rings. The zero-order valence-corrected chi connectivity index (χ0v) is 24.7. The minimum absolute atomic E-state index is 0.0506. The smallest absolute Gasteiger partial charge is 0.344 e. The third kappa shape index (κ3) is 7.47. The number of rotatable bonds is 9. The van der Waals surface area contributed by atoms with Crippen LogP contribution in [0.15, 0.2) is 47.4 Å². The molecule has 1 aliphatic carbocycles. The summed E-state index contributed by atoms with van der Waals surface area (Å²) in [6, 6.07) is 10.9. The Morgan fingerprint density at radius 3 is 2.58 bits per heavy atom. The highest BCUT2D eigenvalue weighted by Crippen LogP contribution is 2.35. The molecule has 218 valence electrons. The van der Waals surface area contributed by atoms with Gasteiger partial charge in [-0.05, 0) is 60.9 Å². The molecule has 40 heavy (non-hydrogen) atoms. The summed E-state index contributed by atoms with van der Waals surface area (Å²) in [4.78, 5) is 27.1. The van der Waals surface area contributed by atoms with Gasteiger partial charge in [0.05, 0.1) is 35.2 Å². The number of hydrogen-bond acceptors (Lipinski definition) is 8. The summed E-state index contributed by atoms with van der Waals surface area (Å²) < 4.78 is 45.6. The highest BCUT2D eigenvalue weighted by Gasteiger charge is 2.33. The van der Waals surface area contributed by atoms with Gasteiger partial charge in [-0.3, -0.25) is 4.72 Å². The molecule has 0 aromatic heterocycles. The molecule has 2 aromatic carbocycles. The SMILES string of the molecule is CC1CCC(C(C)C)C(OC(=O)COC(=O)c2ccc(Cl)c(S(=O)(=O)Nc3ccccc3N3CCOCC3)c2)C1. The normalized spacial score (nSPS) is 21.6. The number of morpholine rings is 1. The van der Waals surface area contributed by atoms with Gasteiger partial charge in [0.1, 0.15) is 11.0 Å². The fourth-order valence-corrected chi connectivity index (χ4v) is 6.94. The molecule has 11 heteroatoms. The minimum atomic E-state index is -4.17. The molecule has 0 radical (unpaired) electrons. The van der Waals surface area contributed by atoms with Crippen LogP contribution in [-0.4, -0.2) is 59.4 Å². The molecular weight excluding hydrogens is 556 g/mol. The summed E-state index contributed by atoms with van der Waals surface area (Å²) >= 11 is 6.25. The van der Waals surface area contributed by atoms with Gasteiger partial charge >= 0.3 is 11.9 Å². The number of sulfonamides is 1. The van der Waals surface area contributed by atoms with Crippen molar-refractivity contribution in [1.29, 1.82) is 0 Å². The zero-order valence-electron chi connectivity index (χ0n) is 23.1. The summed E-state index contributed by atoms with van der Waals surface area (Å²) in [7, 11) is -4.17. The molecular formula is C29H37ClN2O7S. The molecule has 0 amide bonds. The van der Waals surface area contributed by atoms with Crippen molar-refractivity contribution in [3.05, 3.63) is 53.1 Å². The van der Waals surface area contributed by atoms with E-state index in [0.29, 0.717) is 49.5 Å². The standard InChI is InChI=1S/C29H37ClN2O7S/c1-19(2)22-10-8-20(3)16-26(22)39-28(33)18-38-29(34)21-9-11-23(30)27(17-21)40(35,36)31-24-6-4-5-7-25(24)32-12-14-37-15-13-32/h4-7,9,11,17,19-20,22,26,31H,8,10,12-16,18H2,1-3H3. The topological polar surface area (TPSA) is 111 Å². The van der Waals surface area contributed by atoms with E-state index in [-0.39, 0.29) is 27.5 Å². The van der Waals surface area contributed by atoms with Crippen LogP contribution < -0.4 is 9.62 Å². The number of nitrogens with zero attached hydrogens (tertiary/aromatic N) is 1. The van der Waals surface area contributed by atoms with Crippen molar-refractivity contribution in [3.8, 4) is 0 Å². The van der Waals surface area contributed by atoms with Crippen LogP contribution in [0.1, 0.15) is 50.4 Å². The van der Waals surface area contributed by atoms with E-state index in [0.717, 1.165) is 25.3 Å². The second-order valence-corrected chi connectivity index (χ2v) is 12.9. The number of carbonyl (C=O) groups excluding carboxylic acids is 2. The van der Waals surface area contributed by atoms with Gasteiger partial charge < -0.3 is 19.1 Å². The lowest BCUT2D eigenvalue weighted by atomic mass is 9.75. The quantitative estimate of drug-likeness (QED) is 0.399. The van der Waals surface area contributed by atoms with Crippen molar-refractivity contribution in [2.75, 3.05) is 42.5 Å². The van der Waals surface area contributed by atoms with Gasteiger partial charge in [-0.2, -0.15) is 0 Å². The molecule has 1 heterocycles. The van der Waals surface area contributed by atoms with Crippen molar-refractivity contribution in [3.63, 3.8) is 0 Å². The molecule has 2 aliphatic rings. The predicted octanol–water partition coefficient (Wildman–Crippen LogP) is 5.14. The van der Waals surface area contributed by atoms with Crippen molar-refractivity contribution in [1.82, 2.24) is 0 Å². The number of anilines is 2. The maximum atomic E-state index is 13.4. The molecule has 3 unspecified atom stereocenters. The number of nitrogens with one attached hydrogen (secondary N) is 1. The average molecular weight is 593 g/mol. The highest BCUT2D eigenvalue weighted by molar-refractivity contribution is 7.92. The molecule has 1 saturated carbocycles. The summed E-state index contributed by atoms with van der Waals surface area (Å²) in [6.07, 6.45) is 2.65. The lowest BCUT2D eigenvalue weighted by molar-refractivity contribution is -0.159. The van der Waals surface area contributed by atoms with Crippen LogP contribution in [0.3, 0.4) is 0 Å². The summed E-state index contributed by atoms with van der Waals surface area (Å²) in [6.45, 7) is 8.14. The second-order valence-electron chi connectivity index (χ2n) is 10.8. The Morgan fingerprint density at radius 1 is 1.12 bits per heavy atom. The Hall–Kier alpha value is -2.82. The Bertz CT molecular complexity index is 1310. The fraction of sp³-hybridized carbons (Fsp3) is 0.517. The van der Waals surface area contributed by atoms with Gasteiger partial charge in [0, 0.05) is 13.1 Å². The predicted molar refractivity (Wildman–Crippen MR) is 153 cm³/mol. The van der Waals surface area contributed by atoms with Crippen molar-refractivity contribution in [2.45, 2.75) is 51.0 Å². The molecule has 2 aromatic rings. The first-order valence-corrected chi connectivity index (χ1v) is 15.5. The molecule has 1 aliphatic heterocycles. The van der Waals surface area contributed by atoms with Crippen LogP contribution >= 0.6 is 11.6 Å². The highest BCUT2D eigenvalue weighted by atomic mass is 35.5. The van der Waals surface area contributed by atoms with Gasteiger partial charge in [0.25, 0.3) is 10.0 Å². The van der Waals surface area contributed by atoms with E-state index in [9.17, 15) is 18.0 Å². The van der Waals surface area contributed by atoms with E-state index in [1.807, 2.05) is 17.0 Å². The van der Waals surface area contributed by atoms with Gasteiger partial charge in [-0.25, -0.2) is 18.0 Å². The molecule has 1 saturated heterocycles. The van der Waals surface area contributed by atoms with E-state index in [1.165, 1.54) is 12.1 Å². The van der Waals surface area contributed by atoms with Crippen LogP contribution in [0.5, 0.6) is 0 Å². The maximum absolute atomic E-state index is 13.4. The Kier molecular flexibility index (Phi) is 9.97. The molecule has 3 atom stereocenters. The Morgan fingerprint density at radius 2 is 1.85 bits per heavy atom. The van der Waals surface area contributed by atoms with Crippen molar-refractivity contribution < 1.29 is 32.2 Å². The van der Waals surface area contributed by atoms with Crippen LogP contribution in [-0.2, 0) is 29.0 Å². The van der Waals surface area contributed by atoms with Gasteiger partial charge in [0.2, 0.25) is 0 Å². The average Bonchev–Trinajstić information content (AvgIpc) is 2.92. The van der Waals surface area contributed by atoms with E-state index in [4.69, 9.17) is 25.8 Å². The first-order valence-electron chi connectivity index (χ1n) is 13.7. The van der Waals surface area contributed by atoms with Gasteiger partial charge in [-0.15, -0.1) is 0 Å². The van der Waals surface area contributed by atoms with E-state index in [2.05, 4.69) is 25.5 Å². The van der Waals surface area contributed by atoms with Crippen LogP contribution in [0.25, 0.3) is 0 Å². The number of benzene rings is 2. The number of carbonyl (C=O) groups is 2. The van der Waals surface area contributed by atoms with Gasteiger partial charge in [-0.1, -0.05) is 50.9 Å². The van der Waals surface area contributed by atoms with Crippen molar-refractivity contribution in [2.24, 2.45) is 17.8 Å². The first kappa shape index (κ1) is 30.1. The number of halogens is 1. The third-order valence-electron chi connectivity index (χ3n) is 7.52. The van der Waals surface area contributed by atoms with Crippen molar-refractivity contribution >= 4 is 44.9 Å². The van der Waals surface area contributed by atoms with Crippen LogP contribution in [0.2, 0.25) is 5.02 Å². The second kappa shape index (κ2) is 13.2. The van der Waals surface area contributed by atoms with Crippen LogP contribution in [0.4, 0.5) is 11.4 Å². The Balaban J connectivity index is 1.43. The summed E-state index contributed by atoms with van der Waals surface area (Å²) in [5, 5.41) is -0.0570.